The molecular formula is C27H28F4N2O4S. The average Bonchev–Trinajstić information content (AvgIpc) is 3.64. The molecule has 2 aromatic rings. The summed E-state index contributed by atoms with van der Waals surface area (Å²) in [5, 5.41) is 2.78. The number of carbonyl (C=O) groups excluding carboxylic acids is 2. The van der Waals surface area contributed by atoms with Crippen molar-refractivity contribution in [2.45, 2.75) is 49.3 Å². The van der Waals surface area contributed by atoms with Crippen LogP contribution in [0.25, 0.3) is 0 Å². The highest BCUT2D eigenvalue weighted by Crippen LogP contribution is 2.43. The molecule has 0 radical (unpaired) electrons. The summed E-state index contributed by atoms with van der Waals surface area (Å²) in [6.07, 6.45) is -1.48. The van der Waals surface area contributed by atoms with Gasteiger partial charge in [0.2, 0.25) is 5.91 Å². The first-order valence-electron chi connectivity index (χ1n) is 12.3. The van der Waals surface area contributed by atoms with Crippen molar-refractivity contribution in [3.8, 4) is 0 Å². The number of nitrogens with one attached hydrogen (secondary N) is 1. The molecule has 2 aliphatic rings. The Balaban J connectivity index is 1.59. The van der Waals surface area contributed by atoms with E-state index < -0.39 is 51.3 Å². The maximum absolute atomic E-state index is 14.8. The minimum atomic E-state index is -4.70. The second-order valence-corrected chi connectivity index (χ2v) is 12.0. The number of nitrogens with zero attached hydrogens (tertiary/aromatic N) is 1. The second-order valence-electron chi connectivity index (χ2n) is 9.69. The van der Waals surface area contributed by atoms with Crippen molar-refractivity contribution in [2.24, 2.45) is 11.8 Å². The maximum Gasteiger partial charge on any atom is 0.416 e. The second kappa shape index (κ2) is 10.5. The van der Waals surface area contributed by atoms with Crippen molar-refractivity contribution in [3.05, 3.63) is 77.6 Å². The fourth-order valence-corrected chi connectivity index (χ4v) is 5.68. The van der Waals surface area contributed by atoms with E-state index in [0.717, 1.165) is 12.1 Å². The zero-order valence-corrected chi connectivity index (χ0v) is 21.5. The Hall–Kier alpha value is -3.21. The molecule has 38 heavy (non-hydrogen) atoms. The van der Waals surface area contributed by atoms with Crippen molar-refractivity contribution >= 4 is 21.7 Å². The third kappa shape index (κ3) is 5.77. The number of sulfone groups is 1. The lowest BCUT2D eigenvalue weighted by Gasteiger charge is -2.27. The van der Waals surface area contributed by atoms with Gasteiger partial charge in [-0.15, -0.1) is 6.58 Å². The van der Waals surface area contributed by atoms with Crippen LogP contribution in [0.15, 0.2) is 60.0 Å². The van der Waals surface area contributed by atoms with Crippen LogP contribution in [0.3, 0.4) is 0 Å². The molecule has 4 rings (SSSR count). The Morgan fingerprint density at radius 3 is 2.47 bits per heavy atom. The van der Waals surface area contributed by atoms with Gasteiger partial charge in [-0.2, -0.15) is 13.2 Å². The molecule has 1 aliphatic carbocycles. The number of alkyl halides is 3. The lowest BCUT2D eigenvalue weighted by atomic mass is 9.98. The van der Waals surface area contributed by atoms with Gasteiger partial charge in [-0.05, 0) is 61.4 Å². The Morgan fingerprint density at radius 1 is 1.18 bits per heavy atom. The highest BCUT2D eigenvalue weighted by molar-refractivity contribution is 7.91. The molecule has 0 bridgehead atoms. The predicted octanol–water partition coefficient (Wildman–Crippen LogP) is 4.92. The van der Waals surface area contributed by atoms with Gasteiger partial charge in [-0.1, -0.05) is 25.1 Å². The molecular weight excluding hydrogens is 524 g/mol. The summed E-state index contributed by atoms with van der Waals surface area (Å²) >= 11 is 0. The van der Waals surface area contributed by atoms with E-state index in [4.69, 9.17) is 0 Å². The first-order valence-corrected chi connectivity index (χ1v) is 13.9. The van der Waals surface area contributed by atoms with Gasteiger partial charge in [0, 0.05) is 17.7 Å². The average molecular weight is 553 g/mol. The summed E-state index contributed by atoms with van der Waals surface area (Å²) in [7, 11) is -3.56. The van der Waals surface area contributed by atoms with E-state index in [1.54, 1.807) is 6.08 Å². The van der Waals surface area contributed by atoms with Gasteiger partial charge in [0.1, 0.15) is 11.9 Å². The standard InChI is InChI=1S/C27H28F4N2O4S/c1-3-16-12-23(33(15-16)26(35)18-6-5-7-20(13-18)38(36,37)4-2)25(34)32-24(17-8-9-17)21-11-10-19(14-22(21)28)27(29,30)31/h3,5-7,10-11,13-14,16-17,23-24H,1,4,8-9,12,15H2,2H3,(H,32,34)/t16-,23-,24-/m1/s1. The van der Waals surface area contributed by atoms with Crippen LogP contribution in [0.2, 0.25) is 0 Å². The fourth-order valence-electron chi connectivity index (χ4n) is 4.75. The summed E-state index contributed by atoms with van der Waals surface area (Å²) in [5.41, 5.74) is -1.05. The number of hydrogen-bond acceptors (Lipinski definition) is 4. The first-order chi connectivity index (χ1) is 17.9. The smallest absolute Gasteiger partial charge is 0.347 e. The molecule has 1 N–H and O–H groups in total. The summed E-state index contributed by atoms with van der Waals surface area (Å²) in [6, 6.07) is 6.07. The monoisotopic (exact) mass is 552 g/mol. The molecule has 1 aliphatic heterocycles. The Kier molecular flexibility index (Phi) is 7.69. The molecule has 0 spiro atoms. The predicted molar refractivity (Wildman–Crippen MR) is 132 cm³/mol. The van der Waals surface area contributed by atoms with Gasteiger partial charge in [-0.3, -0.25) is 9.59 Å². The summed E-state index contributed by atoms with van der Waals surface area (Å²) in [5.74, 6) is -2.64. The zero-order valence-electron chi connectivity index (χ0n) is 20.7. The summed E-state index contributed by atoms with van der Waals surface area (Å²) in [4.78, 5) is 28.2. The number of carbonyl (C=O) groups is 2. The van der Waals surface area contributed by atoms with Crippen LogP contribution in [0.4, 0.5) is 17.6 Å². The number of amides is 2. The lowest BCUT2D eigenvalue weighted by Crippen LogP contribution is -2.47. The molecule has 2 amide bonds. The lowest BCUT2D eigenvalue weighted by molar-refractivity contribution is -0.137. The fraction of sp³-hybridized carbons (Fsp3) is 0.407. The van der Waals surface area contributed by atoms with E-state index in [2.05, 4.69) is 11.9 Å². The Labute approximate surface area is 218 Å². The van der Waals surface area contributed by atoms with Gasteiger partial charge in [0.15, 0.2) is 9.84 Å². The Morgan fingerprint density at radius 2 is 1.89 bits per heavy atom. The van der Waals surface area contributed by atoms with E-state index in [-0.39, 0.29) is 46.6 Å². The van der Waals surface area contributed by atoms with Crippen LogP contribution >= 0.6 is 0 Å². The van der Waals surface area contributed by atoms with E-state index in [9.17, 15) is 35.6 Å². The van der Waals surface area contributed by atoms with E-state index >= 15 is 0 Å². The van der Waals surface area contributed by atoms with Gasteiger partial charge in [-0.25, -0.2) is 12.8 Å². The maximum atomic E-state index is 14.8. The minimum absolute atomic E-state index is 0.00195. The normalized spacial score (nSPS) is 20.7. The molecule has 1 heterocycles. The van der Waals surface area contributed by atoms with Crippen molar-refractivity contribution in [2.75, 3.05) is 12.3 Å². The highest BCUT2D eigenvalue weighted by Gasteiger charge is 2.42. The van der Waals surface area contributed by atoms with Crippen LogP contribution in [-0.4, -0.2) is 43.5 Å². The molecule has 204 valence electrons. The third-order valence-corrected chi connectivity index (χ3v) is 8.84. The molecule has 11 heteroatoms. The van der Waals surface area contributed by atoms with Crippen LogP contribution in [-0.2, 0) is 20.8 Å². The van der Waals surface area contributed by atoms with Crippen LogP contribution in [0.1, 0.15) is 53.7 Å². The molecule has 2 fully saturated rings. The molecule has 2 aromatic carbocycles. The van der Waals surface area contributed by atoms with E-state index in [0.29, 0.717) is 18.9 Å². The van der Waals surface area contributed by atoms with E-state index in [1.165, 1.54) is 36.1 Å². The topological polar surface area (TPSA) is 83.6 Å². The zero-order chi connectivity index (χ0) is 27.8. The molecule has 0 unspecified atom stereocenters. The van der Waals surface area contributed by atoms with Crippen molar-refractivity contribution < 1.29 is 35.6 Å². The SMILES string of the molecule is C=C[C@@H]1C[C@H](C(=O)N[C@@H](c2ccc(C(F)(F)F)cc2F)C2CC2)N(C(=O)c2cccc(S(=O)(=O)CC)c2)C1. The van der Waals surface area contributed by atoms with Crippen molar-refractivity contribution in [3.63, 3.8) is 0 Å². The quantitative estimate of drug-likeness (QED) is 0.372. The van der Waals surface area contributed by atoms with Gasteiger partial charge < -0.3 is 10.2 Å². The Bertz CT molecular complexity index is 1360. The van der Waals surface area contributed by atoms with Gasteiger partial charge in [0.25, 0.3) is 5.91 Å². The molecule has 1 saturated carbocycles. The van der Waals surface area contributed by atoms with Crippen LogP contribution in [0, 0.1) is 17.7 Å². The summed E-state index contributed by atoms with van der Waals surface area (Å²) < 4.78 is 78.4. The van der Waals surface area contributed by atoms with Gasteiger partial charge >= 0.3 is 6.18 Å². The molecule has 0 aromatic heterocycles. The van der Waals surface area contributed by atoms with Crippen LogP contribution < -0.4 is 5.32 Å². The third-order valence-electron chi connectivity index (χ3n) is 7.10. The van der Waals surface area contributed by atoms with Gasteiger partial charge in [0.05, 0.1) is 22.3 Å². The van der Waals surface area contributed by atoms with E-state index in [1.807, 2.05) is 0 Å². The first kappa shape index (κ1) is 27.8. The van der Waals surface area contributed by atoms with Crippen LogP contribution in [0.5, 0.6) is 0 Å². The van der Waals surface area contributed by atoms with Crippen molar-refractivity contribution in [1.29, 1.82) is 0 Å². The molecule has 6 nitrogen and oxygen atoms in total. The summed E-state index contributed by atoms with van der Waals surface area (Å²) in [6.45, 7) is 5.43. The van der Waals surface area contributed by atoms with Crippen molar-refractivity contribution in [1.82, 2.24) is 10.2 Å². The molecule has 1 saturated heterocycles. The number of rotatable bonds is 8. The highest BCUT2D eigenvalue weighted by atomic mass is 32.2. The number of hydrogen-bond donors (Lipinski definition) is 1. The largest absolute Gasteiger partial charge is 0.416 e. The number of benzene rings is 2. The minimum Gasteiger partial charge on any atom is -0.347 e. The molecule has 3 atom stereocenters. The number of likely N-dealkylation sites (tertiary alicyclic amines) is 1. The number of halogens is 4.